The first-order valence-corrected chi connectivity index (χ1v) is 7.44. The normalized spacial score (nSPS) is 12.3. The van der Waals surface area contributed by atoms with E-state index in [1.807, 2.05) is 0 Å². The number of nitrogens with zero attached hydrogens (tertiary/aromatic N) is 1. The Labute approximate surface area is 93.9 Å². The average molecular weight is 236 g/mol. The van der Waals surface area contributed by atoms with Gasteiger partial charge >= 0.3 is 0 Å². The maximum atomic E-state index is 10.8. The van der Waals surface area contributed by atoms with Gasteiger partial charge in [-0.25, -0.2) is 13.6 Å². The van der Waals surface area contributed by atoms with Crippen molar-refractivity contribution in [2.45, 2.75) is 39.5 Å². The molecule has 0 heterocycles. The molecule has 0 saturated heterocycles. The summed E-state index contributed by atoms with van der Waals surface area (Å²) in [5.74, 6) is 0.0699. The van der Waals surface area contributed by atoms with Gasteiger partial charge in [-0.05, 0) is 25.9 Å². The van der Waals surface area contributed by atoms with E-state index >= 15 is 0 Å². The number of sulfonamides is 1. The summed E-state index contributed by atoms with van der Waals surface area (Å²) in [7, 11) is -3.31. The Morgan fingerprint density at radius 3 is 1.80 bits per heavy atom. The Kier molecular flexibility index (Phi) is 8.00. The first kappa shape index (κ1) is 14.9. The number of rotatable bonds is 9. The predicted octanol–water partition coefficient (Wildman–Crippen LogP) is 1.18. The third-order valence-corrected chi connectivity index (χ3v) is 3.10. The van der Waals surface area contributed by atoms with Crippen molar-refractivity contribution >= 4 is 10.0 Å². The number of hydrogen-bond donors (Lipinski definition) is 1. The Balaban J connectivity index is 3.89. The molecule has 0 fully saturated rings. The monoisotopic (exact) mass is 236 g/mol. The third kappa shape index (κ3) is 10.2. The summed E-state index contributed by atoms with van der Waals surface area (Å²) in [6, 6.07) is 0. The van der Waals surface area contributed by atoms with Crippen molar-refractivity contribution in [3.05, 3.63) is 0 Å². The van der Waals surface area contributed by atoms with Gasteiger partial charge in [0.2, 0.25) is 10.0 Å². The van der Waals surface area contributed by atoms with E-state index in [4.69, 9.17) is 5.14 Å². The summed E-state index contributed by atoms with van der Waals surface area (Å²) >= 11 is 0. The van der Waals surface area contributed by atoms with Gasteiger partial charge in [-0.1, -0.05) is 26.7 Å². The lowest BCUT2D eigenvalue weighted by Crippen LogP contribution is -2.33. The van der Waals surface area contributed by atoms with Crippen LogP contribution in [0.2, 0.25) is 0 Å². The lowest BCUT2D eigenvalue weighted by Gasteiger charge is -2.21. The van der Waals surface area contributed by atoms with E-state index in [1.165, 1.54) is 0 Å². The smallest absolute Gasteiger partial charge is 0.210 e. The van der Waals surface area contributed by atoms with Crippen molar-refractivity contribution in [2.75, 3.05) is 25.4 Å². The molecular formula is C10H24N2O2S. The molecule has 0 aliphatic rings. The zero-order valence-electron chi connectivity index (χ0n) is 9.91. The van der Waals surface area contributed by atoms with Gasteiger partial charge in [0.15, 0.2) is 0 Å². The van der Waals surface area contributed by atoms with Crippen LogP contribution in [0.15, 0.2) is 0 Å². The minimum Gasteiger partial charge on any atom is -0.302 e. The second-order valence-corrected chi connectivity index (χ2v) is 5.65. The molecule has 0 aliphatic carbocycles. The Morgan fingerprint density at radius 1 is 1.00 bits per heavy atom. The van der Waals surface area contributed by atoms with E-state index in [9.17, 15) is 8.42 Å². The topological polar surface area (TPSA) is 63.4 Å². The highest BCUT2D eigenvalue weighted by atomic mass is 32.2. The highest BCUT2D eigenvalue weighted by molar-refractivity contribution is 7.89. The lowest BCUT2D eigenvalue weighted by atomic mass is 10.2. The summed E-state index contributed by atoms with van der Waals surface area (Å²) in [6.45, 7) is 6.80. The van der Waals surface area contributed by atoms with Crippen molar-refractivity contribution in [3.8, 4) is 0 Å². The molecule has 0 aromatic heterocycles. The first-order valence-electron chi connectivity index (χ1n) is 5.72. The van der Waals surface area contributed by atoms with Crippen LogP contribution in [0, 0.1) is 0 Å². The fraction of sp³-hybridized carbons (Fsp3) is 1.00. The molecule has 0 amide bonds. The second-order valence-electron chi connectivity index (χ2n) is 3.92. The number of nitrogens with two attached hydrogens (primary N) is 1. The molecule has 0 aliphatic heterocycles. The summed E-state index contributed by atoms with van der Waals surface area (Å²) < 4.78 is 21.7. The molecule has 15 heavy (non-hydrogen) atoms. The zero-order chi connectivity index (χ0) is 11.7. The standard InChI is InChI=1S/C10H24N2O2S/c1-3-5-7-12(8-6-4-2)9-10-15(11,13)14/h3-10H2,1-2H3,(H2,11,13,14). The minimum atomic E-state index is -3.31. The first-order chi connectivity index (χ1) is 6.99. The summed E-state index contributed by atoms with van der Waals surface area (Å²) in [6.07, 6.45) is 4.51. The molecule has 0 rings (SSSR count). The molecule has 0 bridgehead atoms. The number of hydrogen-bond acceptors (Lipinski definition) is 3. The summed E-state index contributed by atoms with van der Waals surface area (Å²) in [5.41, 5.74) is 0. The zero-order valence-corrected chi connectivity index (χ0v) is 10.7. The van der Waals surface area contributed by atoms with Crippen LogP contribution in [0.4, 0.5) is 0 Å². The molecule has 0 atom stereocenters. The molecule has 0 aromatic rings. The van der Waals surface area contributed by atoms with Gasteiger partial charge in [-0.2, -0.15) is 0 Å². The van der Waals surface area contributed by atoms with Crippen LogP contribution < -0.4 is 5.14 Å². The SMILES string of the molecule is CCCCN(CCCC)CCS(N)(=O)=O. The minimum absolute atomic E-state index is 0.0699. The average Bonchev–Trinajstić information content (AvgIpc) is 2.15. The van der Waals surface area contributed by atoms with Crippen molar-refractivity contribution in [3.63, 3.8) is 0 Å². The Hall–Kier alpha value is -0.130. The largest absolute Gasteiger partial charge is 0.302 e. The van der Waals surface area contributed by atoms with Crippen LogP contribution in [-0.2, 0) is 10.0 Å². The van der Waals surface area contributed by atoms with E-state index < -0.39 is 10.0 Å². The molecule has 4 nitrogen and oxygen atoms in total. The molecule has 0 unspecified atom stereocenters. The van der Waals surface area contributed by atoms with Gasteiger partial charge in [0.1, 0.15) is 0 Å². The number of unbranched alkanes of at least 4 members (excludes halogenated alkanes) is 2. The molecule has 0 spiro atoms. The molecule has 92 valence electrons. The van der Waals surface area contributed by atoms with Gasteiger partial charge in [0.25, 0.3) is 0 Å². The lowest BCUT2D eigenvalue weighted by molar-refractivity contribution is 0.280. The maximum Gasteiger partial charge on any atom is 0.210 e. The van der Waals surface area contributed by atoms with Crippen LogP contribution in [-0.4, -0.2) is 38.7 Å². The summed E-state index contributed by atoms with van der Waals surface area (Å²) in [5, 5.41) is 4.99. The van der Waals surface area contributed by atoms with E-state index in [1.54, 1.807) is 0 Å². The molecular weight excluding hydrogens is 212 g/mol. The molecule has 2 N–H and O–H groups in total. The van der Waals surface area contributed by atoms with Gasteiger partial charge in [0.05, 0.1) is 5.75 Å². The van der Waals surface area contributed by atoms with Crippen LogP contribution in [0.25, 0.3) is 0 Å². The van der Waals surface area contributed by atoms with E-state index in [0.717, 1.165) is 38.8 Å². The summed E-state index contributed by atoms with van der Waals surface area (Å²) in [4.78, 5) is 2.19. The molecule has 0 saturated carbocycles. The van der Waals surface area contributed by atoms with E-state index in [-0.39, 0.29) is 5.75 Å². The van der Waals surface area contributed by atoms with E-state index in [2.05, 4.69) is 18.7 Å². The van der Waals surface area contributed by atoms with Crippen LogP contribution in [0.5, 0.6) is 0 Å². The third-order valence-electron chi connectivity index (χ3n) is 2.35. The number of primary sulfonamides is 1. The van der Waals surface area contributed by atoms with Crippen LogP contribution in [0.3, 0.4) is 0 Å². The van der Waals surface area contributed by atoms with Crippen LogP contribution >= 0.6 is 0 Å². The van der Waals surface area contributed by atoms with Gasteiger partial charge in [-0.3, -0.25) is 0 Å². The van der Waals surface area contributed by atoms with Crippen molar-refractivity contribution in [1.29, 1.82) is 0 Å². The van der Waals surface area contributed by atoms with Crippen molar-refractivity contribution in [2.24, 2.45) is 5.14 Å². The molecule has 0 radical (unpaired) electrons. The predicted molar refractivity (Wildman–Crippen MR) is 64.2 cm³/mol. The molecule has 0 aromatic carbocycles. The van der Waals surface area contributed by atoms with Gasteiger partial charge in [0, 0.05) is 6.54 Å². The maximum absolute atomic E-state index is 10.8. The van der Waals surface area contributed by atoms with Gasteiger partial charge < -0.3 is 4.90 Å². The quantitative estimate of drug-likeness (QED) is 0.654. The highest BCUT2D eigenvalue weighted by Crippen LogP contribution is 1.99. The van der Waals surface area contributed by atoms with Crippen LogP contribution in [0.1, 0.15) is 39.5 Å². The fourth-order valence-corrected chi connectivity index (χ4v) is 1.87. The van der Waals surface area contributed by atoms with Gasteiger partial charge in [-0.15, -0.1) is 0 Å². The Morgan fingerprint density at radius 2 is 1.47 bits per heavy atom. The fourth-order valence-electron chi connectivity index (χ4n) is 1.36. The molecule has 5 heteroatoms. The highest BCUT2D eigenvalue weighted by Gasteiger charge is 2.08. The Bertz CT molecular complexity index is 232. The van der Waals surface area contributed by atoms with Crippen molar-refractivity contribution < 1.29 is 8.42 Å². The van der Waals surface area contributed by atoms with Crippen molar-refractivity contribution in [1.82, 2.24) is 4.90 Å². The second kappa shape index (κ2) is 8.07. The van der Waals surface area contributed by atoms with E-state index in [0.29, 0.717) is 6.54 Å².